The zero-order valence-electron chi connectivity index (χ0n) is 9.78. The molecule has 1 aromatic rings. The molecule has 2 N–H and O–H groups in total. The van der Waals surface area contributed by atoms with Crippen molar-refractivity contribution in [1.82, 2.24) is 13.7 Å². The number of aliphatic hydroxyl groups excluding tert-OH is 2. The molecule has 0 saturated heterocycles. The maximum absolute atomic E-state index is 11.8. The van der Waals surface area contributed by atoms with Crippen LogP contribution in [0.1, 0.15) is 0 Å². The molecule has 0 aliphatic carbocycles. The van der Waals surface area contributed by atoms with E-state index in [2.05, 4.69) is 6.58 Å². The number of allylic oxidation sites excluding steroid dienone is 1. The van der Waals surface area contributed by atoms with Gasteiger partial charge < -0.3 is 10.2 Å². The van der Waals surface area contributed by atoms with Crippen molar-refractivity contribution >= 4 is 0 Å². The molecule has 0 unspecified atom stereocenters. The van der Waals surface area contributed by atoms with Gasteiger partial charge in [0.25, 0.3) is 0 Å². The molecule has 0 aliphatic heterocycles. The van der Waals surface area contributed by atoms with Crippen molar-refractivity contribution in [2.75, 3.05) is 13.2 Å². The first-order valence-corrected chi connectivity index (χ1v) is 5.35. The summed E-state index contributed by atoms with van der Waals surface area (Å²) in [5, 5.41) is 17.6. The van der Waals surface area contributed by atoms with Crippen LogP contribution in [0.5, 0.6) is 0 Å². The van der Waals surface area contributed by atoms with E-state index >= 15 is 0 Å². The van der Waals surface area contributed by atoms with Crippen molar-refractivity contribution in [2.45, 2.75) is 19.6 Å². The molecule has 8 nitrogen and oxygen atoms in total. The summed E-state index contributed by atoms with van der Waals surface area (Å²) in [6.45, 7) is 2.15. The van der Waals surface area contributed by atoms with Crippen molar-refractivity contribution in [1.29, 1.82) is 0 Å². The topological polar surface area (TPSA) is 106 Å². The van der Waals surface area contributed by atoms with Crippen molar-refractivity contribution in [3.05, 3.63) is 44.1 Å². The summed E-state index contributed by atoms with van der Waals surface area (Å²) in [5.74, 6) is 0. The molecule has 0 amide bonds. The SMILES string of the molecule is C=CCn1c(=O)n(CCO)c(=O)n(CCO)c1=O. The Bertz CT molecular complexity index is 551. The van der Waals surface area contributed by atoms with Crippen molar-refractivity contribution in [3.8, 4) is 0 Å². The Labute approximate surface area is 102 Å². The molecule has 0 radical (unpaired) electrons. The molecule has 1 rings (SSSR count). The zero-order valence-corrected chi connectivity index (χ0v) is 9.78. The Morgan fingerprint density at radius 2 is 1.28 bits per heavy atom. The number of hydrogen-bond acceptors (Lipinski definition) is 5. The molecule has 100 valence electrons. The van der Waals surface area contributed by atoms with E-state index in [4.69, 9.17) is 10.2 Å². The monoisotopic (exact) mass is 257 g/mol. The quantitative estimate of drug-likeness (QED) is 0.541. The average molecular weight is 257 g/mol. The van der Waals surface area contributed by atoms with Gasteiger partial charge in [-0.1, -0.05) is 6.08 Å². The fourth-order valence-corrected chi connectivity index (χ4v) is 1.55. The minimum atomic E-state index is -0.839. The second-order valence-corrected chi connectivity index (χ2v) is 3.50. The summed E-state index contributed by atoms with van der Waals surface area (Å²) in [4.78, 5) is 35.5. The molecule has 18 heavy (non-hydrogen) atoms. The molecule has 0 bridgehead atoms. The number of hydrogen-bond donors (Lipinski definition) is 2. The number of nitrogens with zero attached hydrogens (tertiary/aromatic N) is 3. The lowest BCUT2D eigenvalue weighted by Gasteiger charge is -2.11. The minimum Gasteiger partial charge on any atom is -0.395 e. The lowest BCUT2D eigenvalue weighted by Crippen LogP contribution is -2.55. The summed E-state index contributed by atoms with van der Waals surface area (Å²) in [7, 11) is 0. The van der Waals surface area contributed by atoms with Gasteiger partial charge in [0, 0.05) is 0 Å². The van der Waals surface area contributed by atoms with Crippen LogP contribution in [-0.2, 0) is 19.6 Å². The van der Waals surface area contributed by atoms with E-state index in [1.54, 1.807) is 0 Å². The van der Waals surface area contributed by atoms with Crippen LogP contribution in [0, 0.1) is 0 Å². The van der Waals surface area contributed by atoms with Gasteiger partial charge in [-0.3, -0.25) is 0 Å². The summed E-state index contributed by atoms with van der Waals surface area (Å²) < 4.78 is 2.32. The van der Waals surface area contributed by atoms with Gasteiger partial charge in [-0.15, -0.1) is 6.58 Å². The van der Waals surface area contributed by atoms with Gasteiger partial charge in [0.15, 0.2) is 0 Å². The molecule has 1 aromatic heterocycles. The number of rotatable bonds is 6. The van der Waals surface area contributed by atoms with Crippen LogP contribution in [-0.4, -0.2) is 37.1 Å². The number of aliphatic hydroxyl groups is 2. The Kier molecular flexibility index (Phi) is 4.81. The highest BCUT2D eigenvalue weighted by atomic mass is 16.3. The Morgan fingerprint density at radius 1 is 0.889 bits per heavy atom. The molecule has 0 aliphatic rings. The lowest BCUT2D eigenvalue weighted by molar-refractivity contribution is 0.251. The maximum atomic E-state index is 11.8. The Balaban J connectivity index is 3.64. The fourth-order valence-electron chi connectivity index (χ4n) is 1.55. The number of aromatic nitrogens is 3. The molecular weight excluding hydrogens is 242 g/mol. The van der Waals surface area contributed by atoms with Crippen LogP contribution in [0.25, 0.3) is 0 Å². The predicted octanol–water partition coefficient (Wildman–Crippen LogP) is -2.66. The van der Waals surface area contributed by atoms with Crippen LogP contribution < -0.4 is 17.1 Å². The third-order valence-electron chi connectivity index (χ3n) is 2.34. The first kappa shape index (κ1) is 14.1. The molecular formula is C10H15N3O5. The van der Waals surface area contributed by atoms with Crippen molar-refractivity contribution in [2.24, 2.45) is 0 Å². The van der Waals surface area contributed by atoms with Gasteiger partial charge in [0.1, 0.15) is 0 Å². The van der Waals surface area contributed by atoms with Gasteiger partial charge in [-0.05, 0) is 0 Å². The standard InChI is InChI=1S/C10H15N3O5/c1-2-3-11-8(16)12(4-6-14)10(18)13(5-7-15)9(11)17/h2,14-15H,1,3-7H2. The molecule has 8 heteroatoms. The van der Waals surface area contributed by atoms with Crippen LogP contribution in [0.2, 0.25) is 0 Å². The van der Waals surface area contributed by atoms with Gasteiger partial charge in [0.05, 0.1) is 32.8 Å². The molecule has 1 heterocycles. The second-order valence-electron chi connectivity index (χ2n) is 3.50. The van der Waals surface area contributed by atoms with Gasteiger partial charge in [-0.25, -0.2) is 28.1 Å². The second kappa shape index (κ2) is 6.12. The van der Waals surface area contributed by atoms with Gasteiger partial charge in [-0.2, -0.15) is 0 Å². The fraction of sp³-hybridized carbons (Fsp3) is 0.500. The predicted molar refractivity (Wildman–Crippen MR) is 63.6 cm³/mol. The highest BCUT2D eigenvalue weighted by Gasteiger charge is 2.13. The highest BCUT2D eigenvalue weighted by molar-refractivity contribution is 4.82. The third kappa shape index (κ3) is 2.49. The van der Waals surface area contributed by atoms with Crippen LogP contribution >= 0.6 is 0 Å². The normalized spacial score (nSPS) is 10.6. The first-order valence-electron chi connectivity index (χ1n) is 5.35. The van der Waals surface area contributed by atoms with Gasteiger partial charge in [0.2, 0.25) is 0 Å². The van der Waals surface area contributed by atoms with E-state index in [9.17, 15) is 14.4 Å². The zero-order chi connectivity index (χ0) is 13.7. The Morgan fingerprint density at radius 3 is 1.61 bits per heavy atom. The Hall–Kier alpha value is -1.93. The van der Waals surface area contributed by atoms with Crippen LogP contribution in [0.3, 0.4) is 0 Å². The van der Waals surface area contributed by atoms with Crippen LogP contribution in [0.15, 0.2) is 27.0 Å². The van der Waals surface area contributed by atoms with E-state index < -0.39 is 30.3 Å². The van der Waals surface area contributed by atoms with E-state index in [0.717, 1.165) is 13.7 Å². The van der Waals surface area contributed by atoms with Crippen molar-refractivity contribution < 1.29 is 10.2 Å². The smallest absolute Gasteiger partial charge is 0.336 e. The molecule has 0 atom stereocenters. The summed E-state index contributed by atoms with van der Waals surface area (Å²) in [6.07, 6.45) is 1.35. The average Bonchev–Trinajstić information content (AvgIpc) is 2.35. The highest BCUT2D eigenvalue weighted by Crippen LogP contribution is 1.77. The minimum absolute atomic E-state index is 0.0468. The summed E-state index contributed by atoms with van der Waals surface area (Å²) >= 11 is 0. The van der Waals surface area contributed by atoms with Crippen molar-refractivity contribution in [3.63, 3.8) is 0 Å². The third-order valence-corrected chi connectivity index (χ3v) is 2.34. The van der Waals surface area contributed by atoms with E-state index in [0.29, 0.717) is 0 Å². The molecule has 0 fully saturated rings. The van der Waals surface area contributed by atoms with Crippen LogP contribution in [0.4, 0.5) is 0 Å². The summed E-state index contributed by atoms with van der Waals surface area (Å²) in [6, 6.07) is 0. The maximum Gasteiger partial charge on any atom is 0.336 e. The molecule has 0 spiro atoms. The molecule has 0 saturated carbocycles. The summed E-state index contributed by atoms with van der Waals surface area (Å²) in [5.41, 5.74) is -2.44. The molecule has 0 aromatic carbocycles. The van der Waals surface area contributed by atoms with E-state index in [-0.39, 0.29) is 19.6 Å². The van der Waals surface area contributed by atoms with E-state index in [1.807, 2.05) is 0 Å². The van der Waals surface area contributed by atoms with E-state index in [1.165, 1.54) is 6.08 Å². The lowest BCUT2D eigenvalue weighted by atomic mass is 10.5. The van der Waals surface area contributed by atoms with Gasteiger partial charge >= 0.3 is 17.1 Å². The largest absolute Gasteiger partial charge is 0.395 e. The first-order chi connectivity index (χ1) is 8.58.